The molecule has 290 valence electrons. The van der Waals surface area contributed by atoms with Gasteiger partial charge in [-0.3, -0.25) is 9.80 Å². The van der Waals surface area contributed by atoms with Crippen LogP contribution in [0.3, 0.4) is 0 Å². The van der Waals surface area contributed by atoms with E-state index in [0.29, 0.717) is 73.0 Å². The molecule has 48 heavy (non-hydrogen) atoms. The topological polar surface area (TPSA) is 182 Å². The van der Waals surface area contributed by atoms with Crippen molar-refractivity contribution in [3.63, 3.8) is 0 Å². The van der Waals surface area contributed by atoms with Gasteiger partial charge in [-0.05, 0) is 64.6 Å². The van der Waals surface area contributed by atoms with Gasteiger partial charge in [0, 0.05) is 78.7 Å². The molecule has 0 radical (unpaired) electrons. The third-order valence-electron chi connectivity index (χ3n) is 7.19. The van der Waals surface area contributed by atoms with Gasteiger partial charge in [-0.25, -0.2) is 0 Å². The van der Waals surface area contributed by atoms with Gasteiger partial charge in [0.15, 0.2) is 0 Å². The second-order valence-corrected chi connectivity index (χ2v) is 11.4. The Morgan fingerprint density at radius 1 is 0.375 bits per heavy atom. The highest BCUT2D eigenvalue weighted by Gasteiger charge is 2.11. The Morgan fingerprint density at radius 3 is 1.12 bits per heavy atom. The van der Waals surface area contributed by atoms with Crippen molar-refractivity contribution in [1.29, 1.82) is 0 Å². The van der Waals surface area contributed by atoms with Crippen molar-refractivity contribution in [1.82, 2.24) is 20.4 Å². The van der Waals surface area contributed by atoms with E-state index in [1.165, 1.54) is 0 Å². The fourth-order valence-electron chi connectivity index (χ4n) is 4.30. The van der Waals surface area contributed by atoms with Crippen molar-refractivity contribution in [2.24, 2.45) is 17.2 Å². The summed E-state index contributed by atoms with van der Waals surface area (Å²) in [6, 6.07) is 0. The summed E-state index contributed by atoms with van der Waals surface area (Å²) in [5, 5.41) is 6.53. The zero-order valence-electron chi connectivity index (χ0n) is 30.5. The van der Waals surface area contributed by atoms with Gasteiger partial charge in [-0.15, -0.1) is 0 Å². The van der Waals surface area contributed by atoms with Crippen LogP contribution in [0.15, 0.2) is 0 Å². The summed E-state index contributed by atoms with van der Waals surface area (Å²) in [7, 11) is 0. The summed E-state index contributed by atoms with van der Waals surface area (Å²) in [6.07, 6.45) is 7.34. The number of nitrogens with one attached hydrogen (secondary N) is 2. The molecule has 0 aliphatic rings. The molecule has 0 fully saturated rings. The van der Waals surface area contributed by atoms with Crippen molar-refractivity contribution >= 4 is 0 Å². The van der Waals surface area contributed by atoms with Crippen molar-refractivity contribution in [3.8, 4) is 0 Å². The molecule has 0 saturated heterocycles. The van der Waals surface area contributed by atoms with E-state index >= 15 is 0 Å². The average Bonchev–Trinajstić information content (AvgIpc) is 3.10. The third kappa shape index (κ3) is 38.2. The molecular weight excluding hydrogens is 622 g/mol. The maximum absolute atomic E-state index is 5.78. The molecular formula is C33H75N7O8. The predicted octanol–water partition coefficient (Wildman–Crippen LogP) is 0.359. The molecule has 0 aliphatic carbocycles. The van der Waals surface area contributed by atoms with Gasteiger partial charge in [0.25, 0.3) is 0 Å². The lowest BCUT2D eigenvalue weighted by Crippen LogP contribution is -2.41. The van der Waals surface area contributed by atoms with Crippen molar-refractivity contribution < 1.29 is 37.9 Å². The molecule has 0 atom stereocenters. The fraction of sp³-hybridized carbons (Fsp3) is 1.00. The molecule has 0 rings (SSSR count). The lowest BCUT2D eigenvalue weighted by Gasteiger charge is -2.27. The summed E-state index contributed by atoms with van der Waals surface area (Å²) in [5.41, 5.74) is 16.6. The number of nitrogens with two attached hydrogens (primary N) is 3. The normalized spacial score (nSPS) is 11.9. The monoisotopic (exact) mass is 698 g/mol. The van der Waals surface area contributed by atoms with E-state index in [9.17, 15) is 0 Å². The van der Waals surface area contributed by atoms with Crippen LogP contribution in [-0.2, 0) is 37.9 Å². The molecule has 0 bridgehead atoms. The first-order valence-corrected chi connectivity index (χ1v) is 18.4. The number of hydrogen-bond donors (Lipinski definition) is 5. The molecule has 0 aromatic carbocycles. The molecule has 0 unspecified atom stereocenters. The van der Waals surface area contributed by atoms with Gasteiger partial charge in [0.1, 0.15) is 27.2 Å². The highest BCUT2D eigenvalue weighted by molar-refractivity contribution is 4.64. The predicted molar refractivity (Wildman–Crippen MR) is 191 cm³/mol. The van der Waals surface area contributed by atoms with Crippen LogP contribution in [0.2, 0.25) is 0 Å². The minimum absolute atomic E-state index is 0.263. The highest BCUT2D eigenvalue weighted by Crippen LogP contribution is 1.99. The molecule has 0 spiro atoms. The van der Waals surface area contributed by atoms with E-state index in [-0.39, 0.29) is 13.6 Å². The van der Waals surface area contributed by atoms with E-state index < -0.39 is 0 Å². The van der Waals surface area contributed by atoms with Crippen molar-refractivity contribution in [2.75, 3.05) is 165 Å². The lowest BCUT2D eigenvalue weighted by molar-refractivity contribution is -0.0730. The second-order valence-electron chi connectivity index (χ2n) is 11.4. The number of hydrogen-bond acceptors (Lipinski definition) is 15. The van der Waals surface area contributed by atoms with Gasteiger partial charge < -0.3 is 65.7 Å². The molecule has 15 nitrogen and oxygen atoms in total. The van der Waals surface area contributed by atoms with Gasteiger partial charge in [-0.1, -0.05) is 6.92 Å². The Morgan fingerprint density at radius 2 is 0.750 bits per heavy atom. The fourth-order valence-corrected chi connectivity index (χ4v) is 4.30. The zero-order valence-corrected chi connectivity index (χ0v) is 30.5. The molecule has 0 aromatic heterocycles. The molecule has 15 heteroatoms. The van der Waals surface area contributed by atoms with Crippen molar-refractivity contribution in [2.45, 2.75) is 51.9 Å². The zero-order chi connectivity index (χ0) is 34.9. The molecule has 0 saturated carbocycles. The van der Waals surface area contributed by atoms with E-state index in [1.54, 1.807) is 0 Å². The number of unbranched alkanes of at least 4 members (excludes halogenated alkanes) is 4. The van der Waals surface area contributed by atoms with Crippen LogP contribution in [0.1, 0.15) is 51.9 Å². The standard InChI is InChI=1S/C33H75N7O8/c1-2-12-37-14-24-43-32-47-28-20-40(21-29-48-33-44-25-15-38-13-11-36)17-16-39(18-26-45-30-41-22-7-3-5-9-34)19-27-46-31-42-23-8-4-6-10-35/h37-38H,2-36H2,1H3. The Kier molecular flexibility index (Phi) is 42.0. The van der Waals surface area contributed by atoms with Crippen LogP contribution < -0.4 is 27.8 Å². The van der Waals surface area contributed by atoms with Gasteiger partial charge in [0.2, 0.25) is 0 Å². The molecule has 0 aliphatic heterocycles. The first-order chi connectivity index (χ1) is 23.8. The summed E-state index contributed by atoms with van der Waals surface area (Å²) < 4.78 is 45.5. The Labute approximate surface area is 292 Å². The SMILES string of the molecule is CCCNCCOCOCCN(CCOCOCCNCCN)CCN(CCOCOCCCCCN)CCOCOCCCCCN. The minimum Gasteiger partial charge on any atom is -0.355 e. The Hall–Kier alpha value is -0.600. The van der Waals surface area contributed by atoms with Gasteiger partial charge >= 0.3 is 0 Å². The highest BCUT2D eigenvalue weighted by atomic mass is 16.7. The summed E-state index contributed by atoms with van der Waals surface area (Å²) in [4.78, 5) is 4.69. The van der Waals surface area contributed by atoms with Crippen LogP contribution in [0, 0.1) is 0 Å². The molecule has 0 amide bonds. The summed E-state index contributed by atoms with van der Waals surface area (Å²) in [5.74, 6) is 0. The van der Waals surface area contributed by atoms with Crippen molar-refractivity contribution in [3.05, 3.63) is 0 Å². The molecule has 0 aromatic rings. The lowest BCUT2D eigenvalue weighted by atomic mass is 10.2. The smallest absolute Gasteiger partial charge is 0.146 e. The van der Waals surface area contributed by atoms with Crippen LogP contribution in [0.25, 0.3) is 0 Å². The maximum atomic E-state index is 5.78. The van der Waals surface area contributed by atoms with E-state index in [1.807, 2.05) is 0 Å². The van der Waals surface area contributed by atoms with E-state index in [2.05, 4.69) is 27.4 Å². The second kappa shape index (κ2) is 42.6. The van der Waals surface area contributed by atoms with Crippen LogP contribution in [-0.4, -0.2) is 175 Å². The summed E-state index contributed by atoms with van der Waals surface area (Å²) >= 11 is 0. The average molecular weight is 698 g/mol. The first kappa shape index (κ1) is 47.4. The van der Waals surface area contributed by atoms with Crippen LogP contribution >= 0.6 is 0 Å². The Bertz CT molecular complexity index is 502. The first-order valence-electron chi connectivity index (χ1n) is 18.4. The van der Waals surface area contributed by atoms with Gasteiger partial charge in [-0.2, -0.15) is 0 Å². The Balaban J connectivity index is 4.65. The van der Waals surface area contributed by atoms with Crippen LogP contribution in [0.4, 0.5) is 0 Å². The summed E-state index contributed by atoms with van der Waals surface area (Å²) in [6.45, 7) is 18.4. The van der Waals surface area contributed by atoms with Gasteiger partial charge in [0.05, 0.1) is 39.6 Å². The minimum atomic E-state index is 0.263. The number of nitrogens with zero attached hydrogens (tertiary/aromatic N) is 2. The maximum Gasteiger partial charge on any atom is 0.146 e. The third-order valence-corrected chi connectivity index (χ3v) is 7.19. The quantitative estimate of drug-likeness (QED) is 0.0435. The number of rotatable bonds is 43. The molecule has 0 heterocycles. The van der Waals surface area contributed by atoms with E-state index in [0.717, 1.165) is 123 Å². The molecule has 8 N–H and O–H groups in total. The largest absolute Gasteiger partial charge is 0.355 e. The number of ether oxygens (including phenoxy) is 8. The van der Waals surface area contributed by atoms with Crippen LogP contribution in [0.5, 0.6) is 0 Å². The van der Waals surface area contributed by atoms with E-state index in [4.69, 9.17) is 55.1 Å².